The van der Waals surface area contributed by atoms with Crippen molar-refractivity contribution in [2.75, 3.05) is 13.1 Å². The Morgan fingerprint density at radius 2 is 1.94 bits per heavy atom. The van der Waals surface area contributed by atoms with Gasteiger partial charge in [-0.05, 0) is 38.8 Å². The highest BCUT2D eigenvalue weighted by Crippen LogP contribution is 2.22. The third-order valence-corrected chi connectivity index (χ3v) is 4.06. The van der Waals surface area contributed by atoms with E-state index in [1.165, 1.54) is 32.1 Å². The largest absolute Gasteiger partial charge is 0.369 e. The molecular weight excluding hydrogens is 212 g/mol. The monoisotopic (exact) mass is 240 g/mol. The second kappa shape index (κ2) is 7.70. The second-order valence-corrected chi connectivity index (χ2v) is 5.27. The minimum absolute atomic E-state index is 0.108. The van der Waals surface area contributed by atoms with Gasteiger partial charge in [0.2, 0.25) is 5.91 Å². The van der Waals surface area contributed by atoms with Crippen LogP contribution in [0.1, 0.15) is 58.8 Å². The van der Waals surface area contributed by atoms with Crippen LogP contribution in [0.2, 0.25) is 0 Å². The lowest BCUT2D eigenvalue weighted by Gasteiger charge is -2.36. The van der Waals surface area contributed by atoms with E-state index in [9.17, 15) is 4.79 Å². The normalized spacial score (nSPS) is 20.4. The van der Waals surface area contributed by atoms with Gasteiger partial charge >= 0.3 is 0 Å². The molecule has 1 fully saturated rings. The van der Waals surface area contributed by atoms with Crippen LogP contribution in [0.25, 0.3) is 0 Å². The Morgan fingerprint density at radius 3 is 2.41 bits per heavy atom. The number of nitrogens with zero attached hydrogens (tertiary/aromatic N) is 1. The molecule has 1 atom stereocenters. The molecule has 1 saturated heterocycles. The van der Waals surface area contributed by atoms with E-state index < -0.39 is 0 Å². The van der Waals surface area contributed by atoms with Gasteiger partial charge in [0, 0.05) is 12.0 Å². The van der Waals surface area contributed by atoms with Crippen LogP contribution in [0.3, 0.4) is 0 Å². The van der Waals surface area contributed by atoms with Crippen molar-refractivity contribution in [2.24, 2.45) is 11.7 Å². The van der Waals surface area contributed by atoms with Gasteiger partial charge < -0.3 is 10.6 Å². The molecule has 0 radical (unpaired) electrons. The summed E-state index contributed by atoms with van der Waals surface area (Å²) in [5.41, 5.74) is 5.36. The van der Waals surface area contributed by atoms with Gasteiger partial charge in [0.1, 0.15) is 0 Å². The molecule has 0 saturated carbocycles. The SMILES string of the molecule is CCCCCC(CC)N1CCC(C(N)=O)CC1. The van der Waals surface area contributed by atoms with E-state index in [0.717, 1.165) is 32.0 Å². The van der Waals surface area contributed by atoms with Crippen molar-refractivity contribution in [1.82, 2.24) is 4.90 Å². The maximum absolute atomic E-state index is 11.1. The quantitative estimate of drug-likeness (QED) is 0.695. The summed E-state index contributed by atoms with van der Waals surface area (Å²) in [5, 5.41) is 0. The Morgan fingerprint density at radius 1 is 1.29 bits per heavy atom. The molecule has 100 valence electrons. The third-order valence-electron chi connectivity index (χ3n) is 4.06. The third kappa shape index (κ3) is 4.66. The first-order valence-electron chi connectivity index (χ1n) is 7.22. The number of primary amides is 1. The van der Waals surface area contributed by atoms with Gasteiger partial charge in [0.25, 0.3) is 0 Å². The first-order valence-corrected chi connectivity index (χ1v) is 7.22. The van der Waals surface area contributed by atoms with Crippen LogP contribution in [-0.4, -0.2) is 29.9 Å². The van der Waals surface area contributed by atoms with Crippen LogP contribution in [0, 0.1) is 5.92 Å². The zero-order valence-corrected chi connectivity index (χ0v) is 11.5. The Labute approximate surface area is 106 Å². The van der Waals surface area contributed by atoms with Gasteiger partial charge in [0.05, 0.1) is 0 Å². The molecule has 0 spiro atoms. The predicted octanol–water partition coefficient (Wildman–Crippen LogP) is 2.54. The average Bonchev–Trinajstić information content (AvgIpc) is 2.35. The van der Waals surface area contributed by atoms with Crippen molar-refractivity contribution in [3.05, 3.63) is 0 Å². The smallest absolute Gasteiger partial charge is 0.220 e. The fourth-order valence-electron chi connectivity index (χ4n) is 2.82. The van der Waals surface area contributed by atoms with Gasteiger partial charge in [-0.1, -0.05) is 33.1 Å². The number of likely N-dealkylation sites (tertiary alicyclic amines) is 1. The van der Waals surface area contributed by atoms with E-state index in [4.69, 9.17) is 5.73 Å². The molecule has 2 N–H and O–H groups in total. The molecule has 1 amide bonds. The van der Waals surface area contributed by atoms with Gasteiger partial charge in [0.15, 0.2) is 0 Å². The minimum atomic E-state index is -0.108. The Hall–Kier alpha value is -0.570. The van der Waals surface area contributed by atoms with E-state index in [0.29, 0.717) is 0 Å². The summed E-state index contributed by atoms with van der Waals surface area (Å²) in [6.45, 7) is 6.63. The van der Waals surface area contributed by atoms with Crippen LogP contribution >= 0.6 is 0 Å². The number of unbranched alkanes of at least 4 members (excludes halogenated alkanes) is 2. The standard InChI is InChI=1S/C14H28N2O/c1-3-5-6-7-13(4-2)16-10-8-12(9-11-16)14(15)17/h12-13H,3-11H2,1-2H3,(H2,15,17). The summed E-state index contributed by atoms with van der Waals surface area (Å²) in [5.74, 6) is 0.0167. The highest BCUT2D eigenvalue weighted by molar-refractivity contribution is 5.76. The summed E-state index contributed by atoms with van der Waals surface area (Å²) in [6.07, 6.45) is 8.43. The number of hydrogen-bond acceptors (Lipinski definition) is 2. The number of carbonyl (C=O) groups excluding carboxylic acids is 1. The van der Waals surface area contributed by atoms with Gasteiger partial charge in [-0.3, -0.25) is 4.79 Å². The van der Waals surface area contributed by atoms with Crippen LogP contribution in [0.15, 0.2) is 0 Å². The molecular formula is C14H28N2O. The predicted molar refractivity (Wildman–Crippen MR) is 71.7 cm³/mol. The van der Waals surface area contributed by atoms with Crippen molar-refractivity contribution in [2.45, 2.75) is 64.8 Å². The van der Waals surface area contributed by atoms with Crippen molar-refractivity contribution in [3.8, 4) is 0 Å². The van der Waals surface area contributed by atoms with Crippen LogP contribution in [0.4, 0.5) is 0 Å². The second-order valence-electron chi connectivity index (χ2n) is 5.27. The zero-order valence-electron chi connectivity index (χ0n) is 11.5. The fraction of sp³-hybridized carbons (Fsp3) is 0.929. The van der Waals surface area contributed by atoms with Crippen molar-refractivity contribution in [1.29, 1.82) is 0 Å². The average molecular weight is 240 g/mol. The first-order chi connectivity index (χ1) is 8.19. The molecule has 0 aromatic heterocycles. The van der Waals surface area contributed by atoms with E-state index in [1.807, 2.05) is 0 Å². The number of piperidine rings is 1. The number of carbonyl (C=O) groups is 1. The number of rotatable bonds is 7. The highest BCUT2D eigenvalue weighted by atomic mass is 16.1. The molecule has 1 unspecified atom stereocenters. The molecule has 1 aliphatic heterocycles. The summed E-state index contributed by atoms with van der Waals surface area (Å²) in [6, 6.07) is 0.718. The minimum Gasteiger partial charge on any atom is -0.369 e. The molecule has 1 aliphatic rings. The van der Waals surface area contributed by atoms with E-state index in [-0.39, 0.29) is 11.8 Å². The van der Waals surface area contributed by atoms with E-state index in [2.05, 4.69) is 18.7 Å². The van der Waals surface area contributed by atoms with Crippen LogP contribution in [0.5, 0.6) is 0 Å². The Balaban J connectivity index is 2.31. The van der Waals surface area contributed by atoms with Gasteiger partial charge in [-0.15, -0.1) is 0 Å². The Kier molecular flexibility index (Phi) is 6.56. The molecule has 17 heavy (non-hydrogen) atoms. The maximum atomic E-state index is 11.1. The number of nitrogens with two attached hydrogens (primary N) is 1. The van der Waals surface area contributed by atoms with E-state index in [1.54, 1.807) is 0 Å². The molecule has 1 heterocycles. The van der Waals surface area contributed by atoms with Gasteiger partial charge in [-0.25, -0.2) is 0 Å². The van der Waals surface area contributed by atoms with Crippen LogP contribution < -0.4 is 5.73 Å². The molecule has 0 aromatic carbocycles. The number of hydrogen-bond donors (Lipinski definition) is 1. The molecule has 3 heteroatoms. The van der Waals surface area contributed by atoms with Crippen molar-refractivity contribution >= 4 is 5.91 Å². The topological polar surface area (TPSA) is 46.3 Å². The molecule has 3 nitrogen and oxygen atoms in total. The maximum Gasteiger partial charge on any atom is 0.220 e. The van der Waals surface area contributed by atoms with Crippen LogP contribution in [-0.2, 0) is 4.79 Å². The first kappa shape index (κ1) is 14.5. The molecule has 1 rings (SSSR count). The molecule has 0 aromatic rings. The number of amides is 1. The molecule has 0 aliphatic carbocycles. The lowest BCUT2D eigenvalue weighted by atomic mass is 9.93. The van der Waals surface area contributed by atoms with E-state index >= 15 is 0 Å². The molecule has 0 bridgehead atoms. The van der Waals surface area contributed by atoms with Crippen molar-refractivity contribution < 1.29 is 4.79 Å². The summed E-state index contributed by atoms with van der Waals surface area (Å²) in [4.78, 5) is 13.7. The Bertz CT molecular complexity index is 222. The summed E-state index contributed by atoms with van der Waals surface area (Å²) in [7, 11) is 0. The highest BCUT2D eigenvalue weighted by Gasteiger charge is 2.26. The van der Waals surface area contributed by atoms with Crippen molar-refractivity contribution in [3.63, 3.8) is 0 Å². The summed E-state index contributed by atoms with van der Waals surface area (Å²) >= 11 is 0. The lowest BCUT2D eigenvalue weighted by molar-refractivity contribution is -0.123. The lowest BCUT2D eigenvalue weighted by Crippen LogP contribution is -2.43. The zero-order chi connectivity index (χ0) is 12.7. The fourth-order valence-corrected chi connectivity index (χ4v) is 2.82. The van der Waals surface area contributed by atoms with Gasteiger partial charge in [-0.2, -0.15) is 0 Å². The summed E-state index contributed by atoms with van der Waals surface area (Å²) < 4.78 is 0.